The van der Waals surface area contributed by atoms with E-state index >= 15 is 0 Å². The van der Waals surface area contributed by atoms with Gasteiger partial charge in [0.05, 0.1) is 0 Å². The summed E-state index contributed by atoms with van der Waals surface area (Å²) in [5.41, 5.74) is 0. The van der Waals surface area contributed by atoms with E-state index in [-0.39, 0.29) is 0 Å². The first-order valence-corrected chi connectivity index (χ1v) is 6.52. The molecule has 1 atom stereocenters. The van der Waals surface area contributed by atoms with Gasteiger partial charge in [-0.25, -0.2) is 0 Å². The van der Waals surface area contributed by atoms with Gasteiger partial charge in [-0.2, -0.15) is 0 Å². The second-order valence-corrected chi connectivity index (χ2v) is 5.13. The van der Waals surface area contributed by atoms with Crippen LogP contribution in [-0.4, -0.2) is 5.75 Å². The molecule has 2 aromatic carbocycles. The second kappa shape index (κ2) is 5.22. The van der Waals surface area contributed by atoms with Crippen LogP contribution in [0.15, 0.2) is 60.0 Å². The highest BCUT2D eigenvalue weighted by Gasteiger charge is 2.00. The van der Waals surface area contributed by atoms with Crippen molar-refractivity contribution in [3.63, 3.8) is 0 Å². The molecular weight excluding hydrogens is 212 g/mol. The number of thioether (sulfide) groups is 1. The molecule has 0 N–H and O–H groups in total. The molecule has 0 aliphatic heterocycles. The maximum Gasteiger partial charge on any atom is 0.00785 e. The average molecular weight is 228 g/mol. The lowest BCUT2D eigenvalue weighted by Crippen LogP contribution is -1.91. The van der Waals surface area contributed by atoms with Crippen LogP contribution in [-0.2, 0) is 0 Å². The minimum absolute atomic E-state index is 0.566. The third-order valence-electron chi connectivity index (χ3n) is 2.64. The Bertz CT molecular complexity index is 488. The first kappa shape index (κ1) is 11.3. The lowest BCUT2D eigenvalue weighted by atomic mass is 10.1. The summed E-state index contributed by atoms with van der Waals surface area (Å²) in [6.07, 6.45) is 2.01. The number of allylic oxidation sites excluding steroid dienone is 1. The van der Waals surface area contributed by atoms with Crippen molar-refractivity contribution >= 4 is 22.5 Å². The Hall–Kier alpha value is -1.21. The molecule has 0 heterocycles. The zero-order valence-corrected chi connectivity index (χ0v) is 10.3. The van der Waals surface area contributed by atoms with Crippen molar-refractivity contribution in [1.82, 2.24) is 0 Å². The summed E-state index contributed by atoms with van der Waals surface area (Å²) in [7, 11) is 0. The van der Waals surface area contributed by atoms with Gasteiger partial charge in [0.15, 0.2) is 0 Å². The molecular formula is C15H16S. The van der Waals surface area contributed by atoms with E-state index in [1.54, 1.807) is 0 Å². The lowest BCUT2D eigenvalue weighted by molar-refractivity contribution is 0.850. The van der Waals surface area contributed by atoms with Gasteiger partial charge in [-0.1, -0.05) is 43.3 Å². The molecule has 0 amide bonds. The molecule has 0 spiro atoms. The summed E-state index contributed by atoms with van der Waals surface area (Å²) >= 11 is 1.90. The maximum atomic E-state index is 3.81. The van der Waals surface area contributed by atoms with E-state index in [2.05, 4.69) is 56.0 Å². The summed E-state index contributed by atoms with van der Waals surface area (Å²) in [6.45, 7) is 6.00. The molecule has 0 saturated carbocycles. The Morgan fingerprint density at radius 2 is 1.94 bits per heavy atom. The van der Waals surface area contributed by atoms with Crippen molar-refractivity contribution in [3.05, 3.63) is 55.1 Å². The van der Waals surface area contributed by atoms with Gasteiger partial charge >= 0.3 is 0 Å². The fraction of sp³-hybridized carbons (Fsp3) is 0.200. The Kier molecular flexibility index (Phi) is 3.68. The van der Waals surface area contributed by atoms with Crippen molar-refractivity contribution in [3.8, 4) is 0 Å². The SMILES string of the molecule is C=CC(C)CSc1ccc2ccccc2c1. The van der Waals surface area contributed by atoms with Gasteiger partial charge in [-0.3, -0.25) is 0 Å². The molecule has 82 valence electrons. The average Bonchev–Trinajstić information content (AvgIpc) is 2.35. The van der Waals surface area contributed by atoms with Crippen molar-refractivity contribution in [1.29, 1.82) is 0 Å². The van der Waals surface area contributed by atoms with E-state index in [1.165, 1.54) is 15.7 Å². The monoisotopic (exact) mass is 228 g/mol. The van der Waals surface area contributed by atoms with Crippen LogP contribution in [0, 0.1) is 5.92 Å². The van der Waals surface area contributed by atoms with E-state index in [0.29, 0.717) is 5.92 Å². The van der Waals surface area contributed by atoms with Crippen LogP contribution in [0.25, 0.3) is 10.8 Å². The van der Waals surface area contributed by atoms with E-state index in [0.717, 1.165) is 5.75 Å². The van der Waals surface area contributed by atoms with E-state index < -0.39 is 0 Å². The lowest BCUT2D eigenvalue weighted by Gasteiger charge is -2.06. The number of fused-ring (bicyclic) bond motifs is 1. The minimum atomic E-state index is 0.566. The van der Waals surface area contributed by atoms with Crippen molar-refractivity contribution in [2.75, 3.05) is 5.75 Å². The minimum Gasteiger partial charge on any atom is -0.126 e. The predicted molar refractivity (Wildman–Crippen MR) is 74.0 cm³/mol. The molecule has 0 fully saturated rings. The van der Waals surface area contributed by atoms with Gasteiger partial charge in [0.1, 0.15) is 0 Å². The third-order valence-corrected chi connectivity index (χ3v) is 3.92. The molecule has 1 heteroatoms. The van der Waals surface area contributed by atoms with Gasteiger partial charge in [-0.05, 0) is 28.8 Å². The Morgan fingerprint density at radius 3 is 2.69 bits per heavy atom. The van der Waals surface area contributed by atoms with Crippen LogP contribution in [0.3, 0.4) is 0 Å². The van der Waals surface area contributed by atoms with Crippen LogP contribution in [0.4, 0.5) is 0 Å². The third kappa shape index (κ3) is 2.67. The molecule has 0 aliphatic rings. The normalized spacial score (nSPS) is 12.6. The summed E-state index contributed by atoms with van der Waals surface area (Å²) in [4.78, 5) is 1.34. The molecule has 0 bridgehead atoms. The van der Waals surface area contributed by atoms with Crippen LogP contribution in [0.1, 0.15) is 6.92 Å². The van der Waals surface area contributed by atoms with E-state index in [1.807, 2.05) is 17.8 Å². The van der Waals surface area contributed by atoms with E-state index in [4.69, 9.17) is 0 Å². The molecule has 0 aliphatic carbocycles. The number of benzene rings is 2. The van der Waals surface area contributed by atoms with Crippen LogP contribution in [0.2, 0.25) is 0 Å². The molecule has 2 rings (SSSR count). The highest BCUT2D eigenvalue weighted by molar-refractivity contribution is 7.99. The highest BCUT2D eigenvalue weighted by Crippen LogP contribution is 2.25. The van der Waals surface area contributed by atoms with Gasteiger partial charge in [0.25, 0.3) is 0 Å². The van der Waals surface area contributed by atoms with Gasteiger partial charge in [0, 0.05) is 10.6 Å². The number of rotatable bonds is 4. The molecule has 2 aromatic rings. The Labute approximate surface area is 101 Å². The molecule has 0 nitrogen and oxygen atoms in total. The maximum absolute atomic E-state index is 3.81. The summed E-state index contributed by atoms with van der Waals surface area (Å²) in [5.74, 6) is 1.67. The topological polar surface area (TPSA) is 0 Å². The quantitative estimate of drug-likeness (QED) is 0.537. The fourth-order valence-corrected chi connectivity index (χ4v) is 2.52. The number of hydrogen-bond acceptors (Lipinski definition) is 1. The zero-order valence-electron chi connectivity index (χ0n) is 9.52. The van der Waals surface area contributed by atoms with Crippen molar-refractivity contribution in [2.45, 2.75) is 11.8 Å². The predicted octanol–water partition coefficient (Wildman–Crippen LogP) is 4.75. The smallest absolute Gasteiger partial charge is 0.00785 e. The first-order valence-electron chi connectivity index (χ1n) is 5.54. The summed E-state index contributed by atoms with van der Waals surface area (Å²) in [5, 5.41) is 2.63. The molecule has 0 radical (unpaired) electrons. The molecule has 0 aromatic heterocycles. The second-order valence-electron chi connectivity index (χ2n) is 4.03. The zero-order chi connectivity index (χ0) is 11.4. The van der Waals surface area contributed by atoms with E-state index in [9.17, 15) is 0 Å². The van der Waals surface area contributed by atoms with Gasteiger partial charge in [-0.15, -0.1) is 18.3 Å². The molecule has 0 saturated heterocycles. The van der Waals surface area contributed by atoms with Crippen molar-refractivity contribution < 1.29 is 0 Å². The van der Waals surface area contributed by atoms with Gasteiger partial charge < -0.3 is 0 Å². The summed E-state index contributed by atoms with van der Waals surface area (Å²) < 4.78 is 0. The summed E-state index contributed by atoms with van der Waals surface area (Å²) in [6, 6.07) is 15.1. The largest absolute Gasteiger partial charge is 0.126 e. The molecule has 16 heavy (non-hydrogen) atoms. The fourth-order valence-electron chi connectivity index (χ4n) is 1.55. The van der Waals surface area contributed by atoms with Crippen LogP contribution in [0.5, 0.6) is 0 Å². The number of hydrogen-bond donors (Lipinski definition) is 0. The van der Waals surface area contributed by atoms with Gasteiger partial charge in [0.2, 0.25) is 0 Å². The molecule has 1 unspecified atom stereocenters. The Morgan fingerprint density at radius 1 is 1.19 bits per heavy atom. The Balaban J connectivity index is 2.16. The van der Waals surface area contributed by atoms with Crippen LogP contribution >= 0.6 is 11.8 Å². The van der Waals surface area contributed by atoms with Crippen LogP contribution < -0.4 is 0 Å². The highest BCUT2D eigenvalue weighted by atomic mass is 32.2. The van der Waals surface area contributed by atoms with Crippen molar-refractivity contribution in [2.24, 2.45) is 5.92 Å². The first-order chi connectivity index (χ1) is 7.79. The standard InChI is InChI=1S/C15H16S/c1-3-12(2)11-16-15-9-8-13-6-4-5-7-14(13)10-15/h3-10,12H,1,11H2,2H3.